The highest BCUT2D eigenvalue weighted by molar-refractivity contribution is 7.55. The van der Waals surface area contributed by atoms with E-state index in [2.05, 4.69) is 15.3 Å². The van der Waals surface area contributed by atoms with Crippen LogP contribution in [0.5, 0.6) is 0 Å². The molecule has 120 valence electrons. The van der Waals surface area contributed by atoms with Gasteiger partial charge in [-0.25, -0.2) is 9.65 Å². The molecule has 0 saturated carbocycles. The lowest BCUT2D eigenvalue weighted by atomic mass is 10.2. The Labute approximate surface area is 137 Å². The maximum absolute atomic E-state index is 12.3. The molecule has 2 aromatic rings. The summed E-state index contributed by atoms with van der Waals surface area (Å²) in [6, 6.07) is 4.75. The summed E-state index contributed by atoms with van der Waals surface area (Å²) in [6.07, 6.45) is 0. The Morgan fingerprint density at radius 3 is 2.50 bits per heavy atom. The lowest BCUT2D eigenvalue weighted by Crippen LogP contribution is -2.05. The third kappa shape index (κ3) is 4.21. The van der Waals surface area contributed by atoms with Gasteiger partial charge in [-0.1, -0.05) is 28.3 Å². The lowest BCUT2D eigenvalue weighted by Gasteiger charge is -2.15. The summed E-state index contributed by atoms with van der Waals surface area (Å²) in [4.78, 5) is 0. The van der Waals surface area contributed by atoms with Crippen molar-refractivity contribution in [1.29, 1.82) is 0 Å². The molecule has 1 aromatic heterocycles. The highest BCUT2D eigenvalue weighted by atomic mass is 35.5. The largest absolute Gasteiger partial charge is 0.436 e. The van der Waals surface area contributed by atoms with Gasteiger partial charge in [0.15, 0.2) is 0 Å². The van der Waals surface area contributed by atoms with Gasteiger partial charge in [-0.2, -0.15) is 0 Å². The van der Waals surface area contributed by atoms with Crippen LogP contribution in [0.3, 0.4) is 0 Å². The molecule has 0 aliphatic rings. The summed E-state index contributed by atoms with van der Waals surface area (Å²) in [6.45, 7) is 3.79. The first kappa shape index (κ1) is 17.2. The molecule has 0 atom stereocenters. The minimum atomic E-state index is -3.54. The van der Waals surface area contributed by atoms with E-state index in [0.29, 0.717) is 15.6 Å². The van der Waals surface area contributed by atoms with E-state index in [4.69, 9.17) is 36.7 Å². The first-order chi connectivity index (χ1) is 10.5. The average Bonchev–Trinajstić information content (AvgIpc) is 2.86. The van der Waals surface area contributed by atoms with Crippen molar-refractivity contribution in [2.24, 2.45) is 0 Å². The molecule has 0 spiro atoms. The fraction of sp³-hybridized carbons (Fsp3) is 0.333. The molecule has 2 rings (SSSR count). The summed E-state index contributed by atoms with van der Waals surface area (Å²) in [7, 11) is -3.54. The first-order valence-corrected chi connectivity index (χ1v) is 8.73. The fourth-order valence-electron chi connectivity index (χ4n) is 1.60. The highest BCUT2D eigenvalue weighted by Crippen LogP contribution is 2.47. The van der Waals surface area contributed by atoms with E-state index in [1.807, 2.05) is 0 Å². The standard InChI is InChI=1S/C12H14Cl2N3O4P/c1-3-19-22(18,20-4-2)17-12-16-15-11(21-12)9-6-5-8(13)7-10(9)14/h5-7H,3-4H2,1-2H3,(H,16,17,18). The van der Waals surface area contributed by atoms with Gasteiger partial charge in [0.2, 0.25) is 0 Å². The van der Waals surface area contributed by atoms with Crippen LogP contribution in [-0.4, -0.2) is 23.4 Å². The molecule has 0 saturated heterocycles. The predicted octanol–water partition coefficient (Wildman–Crippen LogP) is 4.64. The van der Waals surface area contributed by atoms with Crippen LogP contribution in [0.1, 0.15) is 13.8 Å². The van der Waals surface area contributed by atoms with Gasteiger partial charge in [-0.15, -0.1) is 5.10 Å². The van der Waals surface area contributed by atoms with Crippen molar-refractivity contribution in [3.05, 3.63) is 28.2 Å². The van der Waals surface area contributed by atoms with E-state index in [0.717, 1.165) is 0 Å². The van der Waals surface area contributed by atoms with Gasteiger partial charge in [-0.05, 0) is 32.0 Å². The molecule has 0 bridgehead atoms. The maximum atomic E-state index is 12.3. The molecule has 1 N–H and O–H groups in total. The van der Waals surface area contributed by atoms with E-state index in [9.17, 15) is 4.57 Å². The summed E-state index contributed by atoms with van der Waals surface area (Å²) in [5, 5.41) is 10.9. The van der Waals surface area contributed by atoms with Gasteiger partial charge >= 0.3 is 13.8 Å². The van der Waals surface area contributed by atoms with Gasteiger partial charge < -0.3 is 4.42 Å². The van der Waals surface area contributed by atoms with E-state index in [-0.39, 0.29) is 25.1 Å². The molecule has 0 unspecified atom stereocenters. The van der Waals surface area contributed by atoms with Crippen LogP contribution < -0.4 is 5.09 Å². The first-order valence-electron chi connectivity index (χ1n) is 6.43. The smallest absolute Gasteiger partial charge is 0.403 e. The number of nitrogens with one attached hydrogen (secondary N) is 1. The quantitative estimate of drug-likeness (QED) is 0.715. The number of nitrogens with zero attached hydrogens (tertiary/aromatic N) is 2. The van der Waals surface area contributed by atoms with Crippen molar-refractivity contribution >= 4 is 37.0 Å². The zero-order chi connectivity index (χ0) is 16.2. The fourth-order valence-corrected chi connectivity index (χ4v) is 3.30. The number of hydrogen-bond donors (Lipinski definition) is 1. The lowest BCUT2D eigenvalue weighted by molar-refractivity contribution is 0.224. The third-order valence-electron chi connectivity index (χ3n) is 2.42. The van der Waals surface area contributed by atoms with Crippen LogP contribution in [0.2, 0.25) is 10.0 Å². The number of rotatable bonds is 7. The van der Waals surface area contributed by atoms with Gasteiger partial charge in [-0.3, -0.25) is 9.05 Å². The van der Waals surface area contributed by atoms with Crippen LogP contribution in [-0.2, 0) is 13.6 Å². The normalized spacial score (nSPS) is 11.6. The van der Waals surface area contributed by atoms with Crippen LogP contribution in [0.25, 0.3) is 11.5 Å². The van der Waals surface area contributed by atoms with Gasteiger partial charge in [0.1, 0.15) is 0 Å². The third-order valence-corrected chi connectivity index (χ3v) is 4.63. The van der Waals surface area contributed by atoms with Gasteiger partial charge in [0.05, 0.1) is 23.8 Å². The van der Waals surface area contributed by atoms with Crippen molar-refractivity contribution in [2.75, 3.05) is 18.3 Å². The SMILES string of the molecule is CCOP(=O)(Nc1nnc(-c2ccc(Cl)cc2Cl)o1)OCC. The molecular weight excluding hydrogens is 352 g/mol. The average molecular weight is 366 g/mol. The van der Waals surface area contributed by atoms with Crippen LogP contribution in [0, 0.1) is 0 Å². The summed E-state index contributed by atoms with van der Waals surface area (Å²) in [5.74, 6) is 0.156. The summed E-state index contributed by atoms with van der Waals surface area (Å²) < 4.78 is 27.9. The Balaban J connectivity index is 2.22. The number of aromatic nitrogens is 2. The summed E-state index contributed by atoms with van der Waals surface area (Å²) >= 11 is 11.9. The second-order valence-corrected chi connectivity index (χ2v) is 6.56. The van der Waals surface area contributed by atoms with Crippen molar-refractivity contribution in [3.63, 3.8) is 0 Å². The topological polar surface area (TPSA) is 86.5 Å². The molecule has 0 fully saturated rings. The predicted molar refractivity (Wildman–Crippen MR) is 84.2 cm³/mol. The molecule has 0 aliphatic heterocycles. The zero-order valence-corrected chi connectivity index (χ0v) is 14.3. The summed E-state index contributed by atoms with van der Waals surface area (Å²) in [5.41, 5.74) is 0.509. The Hall–Kier alpha value is -1.11. The van der Waals surface area contributed by atoms with Gasteiger partial charge in [0, 0.05) is 5.02 Å². The molecule has 1 aromatic carbocycles. The highest BCUT2D eigenvalue weighted by Gasteiger charge is 2.26. The second-order valence-electron chi connectivity index (χ2n) is 3.98. The van der Waals surface area contributed by atoms with E-state index in [1.54, 1.807) is 32.0 Å². The molecule has 0 aliphatic carbocycles. The van der Waals surface area contributed by atoms with Crippen molar-refractivity contribution < 1.29 is 18.0 Å². The molecule has 0 radical (unpaired) electrons. The number of halogens is 2. The second kappa shape index (κ2) is 7.44. The number of hydrogen-bond acceptors (Lipinski definition) is 6. The molecule has 22 heavy (non-hydrogen) atoms. The Morgan fingerprint density at radius 1 is 1.23 bits per heavy atom. The Kier molecular flexibility index (Phi) is 5.83. The van der Waals surface area contributed by atoms with E-state index >= 15 is 0 Å². The number of benzene rings is 1. The maximum Gasteiger partial charge on any atom is 0.436 e. The van der Waals surface area contributed by atoms with Crippen LogP contribution in [0.4, 0.5) is 6.01 Å². The minimum Gasteiger partial charge on any atom is -0.403 e. The number of anilines is 1. The molecular formula is C12H14Cl2N3O4P. The van der Waals surface area contributed by atoms with Crippen molar-refractivity contribution in [3.8, 4) is 11.5 Å². The van der Waals surface area contributed by atoms with Crippen molar-refractivity contribution in [1.82, 2.24) is 10.2 Å². The molecule has 10 heteroatoms. The van der Waals surface area contributed by atoms with Crippen LogP contribution in [0.15, 0.2) is 22.6 Å². The molecule has 0 amide bonds. The monoisotopic (exact) mass is 365 g/mol. The van der Waals surface area contributed by atoms with Gasteiger partial charge in [0.25, 0.3) is 5.89 Å². The van der Waals surface area contributed by atoms with Crippen molar-refractivity contribution in [2.45, 2.75) is 13.8 Å². The Bertz CT molecular complexity index is 685. The Morgan fingerprint density at radius 2 is 1.91 bits per heavy atom. The minimum absolute atomic E-state index is 0.0914. The zero-order valence-electron chi connectivity index (χ0n) is 11.9. The molecule has 7 nitrogen and oxygen atoms in total. The van der Waals surface area contributed by atoms with E-state index in [1.165, 1.54) is 0 Å². The molecule has 1 heterocycles. The van der Waals surface area contributed by atoms with Crippen LogP contribution >= 0.6 is 30.9 Å². The van der Waals surface area contributed by atoms with E-state index < -0.39 is 7.75 Å².